The first kappa shape index (κ1) is 28.6. The molecule has 0 radical (unpaired) electrons. The largest absolute Gasteiger partial charge is 0.256 e. The molecule has 0 unspecified atom stereocenters. The average molecular weight is 495 g/mol. The number of rotatable bonds is 16. The Morgan fingerprint density at radius 1 is 0.541 bits per heavy atom. The van der Waals surface area contributed by atoms with Crippen LogP contribution >= 0.6 is 0 Å². The highest BCUT2D eigenvalue weighted by Crippen LogP contribution is 2.24. The third-order valence-corrected chi connectivity index (χ3v) is 6.99. The molecule has 2 nitrogen and oxygen atoms in total. The zero-order valence-electron chi connectivity index (χ0n) is 23.4. The van der Waals surface area contributed by atoms with Crippen molar-refractivity contribution in [1.29, 1.82) is 0 Å². The Balaban J connectivity index is 1.48. The van der Waals surface area contributed by atoms with Gasteiger partial charge in [-0.1, -0.05) is 114 Å². The molecule has 0 atom stereocenters. The van der Waals surface area contributed by atoms with Crippen molar-refractivity contribution >= 4 is 23.8 Å². The highest BCUT2D eigenvalue weighted by atomic mass is 14.7. The van der Waals surface area contributed by atoms with E-state index < -0.39 is 0 Å². The van der Waals surface area contributed by atoms with Crippen LogP contribution in [-0.2, 0) is 12.8 Å². The van der Waals surface area contributed by atoms with Crippen LogP contribution in [0.1, 0.15) is 106 Å². The van der Waals surface area contributed by atoms with Crippen molar-refractivity contribution in [3.05, 3.63) is 94.5 Å². The standard InChI is InChI=1S/C35H46N2/c1-4-6-8-10-12-14-30-16-20-32(21-17-30)27-36-34-24-25-35(29(3)26-34)37-28-33-22-18-31(19-23-33)15-13-11-9-7-5-2/h16-28H,4-15H2,1-3H3. The van der Waals surface area contributed by atoms with E-state index in [9.17, 15) is 0 Å². The van der Waals surface area contributed by atoms with Gasteiger partial charge in [-0.05, 0) is 78.6 Å². The first-order valence-corrected chi connectivity index (χ1v) is 14.5. The van der Waals surface area contributed by atoms with Gasteiger partial charge in [0.1, 0.15) is 0 Å². The molecule has 0 aliphatic heterocycles. The van der Waals surface area contributed by atoms with Gasteiger partial charge in [0.05, 0.1) is 11.4 Å². The Bertz CT molecular complexity index is 1090. The van der Waals surface area contributed by atoms with Gasteiger partial charge in [0.15, 0.2) is 0 Å². The van der Waals surface area contributed by atoms with Gasteiger partial charge in [-0.2, -0.15) is 0 Å². The summed E-state index contributed by atoms with van der Waals surface area (Å²) in [5.74, 6) is 0. The van der Waals surface area contributed by atoms with Gasteiger partial charge in [-0.25, -0.2) is 0 Å². The predicted molar refractivity (Wildman–Crippen MR) is 163 cm³/mol. The van der Waals surface area contributed by atoms with E-state index in [1.54, 1.807) is 0 Å². The summed E-state index contributed by atoms with van der Waals surface area (Å²) in [5, 5.41) is 0. The van der Waals surface area contributed by atoms with Crippen LogP contribution in [0.2, 0.25) is 0 Å². The molecular weight excluding hydrogens is 448 g/mol. The zero-order chi connectivity index (χ0) is 26.1. The second-order valence-electron chi connectivity index (χ2n) is 10.3. The van der Waals surface area contributed by atoms with E-state index in [0.29, 0.717) is 0 Å². The van der Waals surface area contributed by atoms with Gasteiger partial charge in [0.2, 0.25) is 0 Å². The molecule has 0 aliphatic carbocycles. The van der Waals surface area contributed by atoms with Crippen molar-refractivity contribution in [2.24, 2.45) is 9.98 Å². The van der Waals surface area contributed by atoms with Gasteiger partial charge >= 0.3 is 0 Å². The Hall–Kier alpha value is -3.00. The molecule has 0 aromatic heterocycles. The summed E-state index contributed by atoms with van der Waals surface area (Å²) < 4.78 is 0. The number of aryl methyl sites for hydroxylation is 3. The maximum atomic E-state index is 4.73. The molecule has 2 heteroatoms. The lowest BCUT2D eigenvalue weighted by atomic mass is 10.0. The number of hydrogen-bond donors (Lipinski definition) is 0. The number of benzene rings is 3. The smallest absolute Gasteiger partial charge is 0.0660 e. The van der Waals surface area contributed by atoms with Gasteiger partial charge in [-0.15, -0.1) is 0 Å². The van der Waals surface area contributed by atoms with Crippen LogP contribution in [0.15, 0.2) is 76.7 Å². The van der Waals surface area contributed by atoms with E-state index in [-0.39, 0.29) is 0 Å². The average Bonchev–Trinajstić information content (AvgIpc) is 2.92. The minimum absolute atomic E-state index is 0.958. The maximum Gasteiger partial charge on any atom is 0.0660 e. The SMILES string of the molecule is CCCCCCCc1ccc(C=Nc2ccc(N=Cc3ccc(CCCCCCC)cc3)c(C)c2)cc1. The Kier molecular flexibility index (Phi) is 12.9. The fourth-order valence-corrected chi connectivity index (χ4v) is 4.56. The fourth-order valence-electron chi connectivity index (χ4n) is 4.56. The van der Waals surface area contributed by atoms with Crippen LogP contribution in [0.3, 0.4) is 0 Å². The Morgan fingerprint density at radius 3 is 1.51 bits per heavy atom. The minimum atomic E-state index is 0.958. The molecule has 3 aromatic carbocycles. The van der Waals surface area contributed by atoms with Crippen molar-refractivity contribution in [1.82, 2.24) is 0 Å². The highest BCUT2D eigenvalue weighted by molar-refractivity contribution is 5.83. The number of nitrogens with zero attached hydrogens (tertiary/aromatic N) is 2. The lowest BCUT2D eigenvalue weighted by Crippen LogP contribution is -1.88. The Labute approximate surface area is 226 Å². The van der Waals surface area contributed by atoms with Crippen LogP contribution in [0.5, 0.6) is 0 Å². The number of aliphatic imine (C=N–C) groups is 2. The van der Waals surface area contributed by atoms with Gasteiger partial charge in [0, 0.05) is 12.4 Å². The zero-order valence-corrected chi connectivity index (χ0v) is 23.4. The summed E-state index contributed by atoms with van der Waals surface area (Å²) in [7, 11) is 0. The van der Waals surface area contributed by atoms with Crippen LogP contribution in [-0.4, -0.2) is 12.4 Å². The molecule has 0 aliphatic rings. The van der Waals surface area contributed by atoms with Crippen LogP contribution in [0.4, 0.5) is 11.4 Å². The van der Waals surface area contributed by atoms with Crippen molar-refractivity contribution < 1.29 is 0 Å². The predicted octanol–water partition coefficient (Wildman–Crippen LogP) is 10.5. The van der Waals surface area contributed by atoms with Crippen molar-refractivity contribution in [2.45, 2.75) is 97.8 Å². The second-order valence-corrected chi connectivity index (χ2v) is 10.3. The third kappa shape index (κ3) is 10.9. The quantitative estimate of drug-likeness (QED) is 0.140. The van der Waals surface area contributed by atoms with Gasteiger partial charge in [0.25, 0.3) is 0 Å². The van der Waals surface area contributed by atoms with E-state index in [0.717, 1.165) is 28.1 Å². The summed E-state index contributed by atoms with van der Waals surface area (Å²) in [6, 6.07) is 23.9. The first-order valence-electron chi connectivity index (χ1n) is 14.5. The molecule has 3 rings (SSSR count). The van der Waals surface area contributed by atoms with E-state index in [1.165, 1.54) is 88.2 Å². The molecule has 0 saturated carbocycles. The molecule has 0 heterocycles. The summed E-state index contributed by atoms with van der Waals surface area (Å²) >= 11 is 0. The van der Waals surface area contributed by atoms with Crippen LogP contribution in [0.25, 0.3) is 0 Å². The van der Waals surface area contributed by atoms with E-state index in [1.807, 2.05) is 18.5 Å². The van der Waals surface area contributed by atoms with Gasteiger partial charge < -0.3 is 0 Å². The topological polar surface area (TPSA) is 24.7 Å². The highest BCUT2D eigenvalue weighted by Gasteiger charge is 2.00. The molecular formula is C35H46N2. The van der Waals surface area contributed by atoms with Crippen LogP contribution in [0, 0.1) is 6.92 Å². The molecule has 0 bridgehead atoms. The Morgan fingerprint density at radius 2 is 1.03 bits per heavy atom. The number of unbranched alkanes of at least 4 members (excludes halogenated alkanes) is 8. The molecule has 0 amide bonds. The first-order chi connectivity index (χ1) is 18.2. The summed E-state index contributed by atoms with van der Waals surface area (Å²) in [6.07, 6.45) is 19.5. The molecule has 37 heavy (non-hydrogen) atoms. The summed E-state index contributed by atoms with van der Waals surface area (Å²) in [5.41, 5.74) is 8.20. The molecule has 0 spiro atoms. The lowest BCUT2D eigenvalue weighted by molar-refractivity contribution is 0.632. The van der Waals surface area contributed by atoms with E-state index in [4.69, 9.17) is 9.98 Å². The maximum absolute atomic E-state index is 4.73. The fraction of sp³-hybridized carbons (Fsp3) is 0.429. The third-order valence-electron chi connectivity index (χ3n) is 6.99. The molecule has 0 N–H and O–H groups in total. The normalized spacial score (nSPS) is 11.6. The summed E-state index contributed by atoms with van der Waals surface area (Å²) in [4.78, 5) is 9.43. The molecule has 0 fully saturated rings. The molecule has 3 aromatic rings. The lowest BCUT2D eigenvalue weighted by Gasteiger charge is -2.04. The van der Waals surface area contributed by atoms with E-state index in [2.05, 4.69) is 81.4 Å². The van der Waals surface area contributed by atoms with Crippen LogP contribution < -0.4 is 0 Å². The van der Waals surface area contributed by atoms with Crippen molar-refractivity contribution in [3.63, 3.8) is 0 Å². The number of hydrogen-bond acceptors (Lipinski definition) is 2. The van der Waals surface area contributed by atoms with Crippen molar-refractivity contribution in [2.75, 3.05) is 0 Å². The molecule has 196 valence electrons. The van der Waals surface area contributed by atoms with Crippen molar-refractivity contribution in [3.8, 4) is 0 Å². The second kappa shape index (κ2) is 16.7. The summed E-state index contributed by atoms with van der Waals surface area (Å²) in [6.45, 7) is 6.63. The van der Waals surface area contributed by atoms with E-state index >= 15 is 0 Å². The monoisotopic (exact) mass is 494 g/mol. The molecule has 0 saturated heterocycles. The van der Waals surface area contributed by atoms with Gasteiger partial charge in [-0.3, -0.25) is 9.98 Å². The minimum Gasteiger partial charge on any atom is -0.256 e.